The first-order valence-corrected chi connectivity index (χ1v) is 11.5. The number of aromatic nitrogens is 3. The minimum atomic E-state index is -0.732. The van der Waals surface area contributed by atoms with E-state index >= 15 is 0 Å². The van der Waals surface area contributed by atoms with Crippen molar-refractivity contribution >= 4 is 22.7 Å². The molecular weight excluding hydrogens is 450 g/mol. The molecule has 8 heteroatoms. The lowest BCUT2D eigenvalue weighted by Gasteiger charge is -2.48. The van der Waals surface area contributed by atoms with Gasteiger partial charge in [0.1, 0.15) is 29.5 Å². The maximum Gasteiger partial charge on any atom is 0.245 e. The first kappa shape index (κ1) is 22.8. The summed E-state index contributed by atoms with van der Waals surface area (Å²) in [5.41, 5.74) is 2.37. The first-order chi connectivity index (χ1) is 16.8. The molecule has 0 radical (unpaired) electrons. The highest BCUT2D eigenvalue weighted by Crippen LogP contribution is 2.46. The monoisotopic (exact) mass is 474 g/mol. The second kappa shape index (κ2) is 9.02. The van der Waals surface area contributed by atoms with Crippen LogP contribution in [0.15, 0.2) is 72.8 Å². The number of rotatable bonds is 4. The van der Waals surface area contributed by atoms with Crippen LogP contribution in [0.25, 0.3) is 11.0 Å². The van der Waals surface area contributed by atoms with E-state index in [0.29, 0.717) is 22.2 Å². The Kier molecular flexibility index (Phi) is 5.88. The molecule has 0 N–H and O–H groups in total. The molecule has 4 atom stereocenters. The lowest BCUT2D eigenvalue weighted by molar-refractivity contribution is -0.152. The van der Waals surface area contributed by atoms with Gasteiger partial charge in [-0.2, -0.15) is 0 Å². The van der Waals surface area contributed by atoms with Crippen molar-refractivity contribution in [2.24, 2.45) is 11.8 Å². The highest BCUT2D eigenvalue weighted by molar-refractivity contribution is 5.89. The van der Waals surface area contributed by atoms with Gasteiger partial charge in [-0.1, -0.05) is 55.5 Å². The average molecular weight is 475 g/mol. The van der Waals surface area contributed by atoms with Gasteiger partial charge in [0.2, 0.25) is 5.91 Å². The molecule has 0 bridgehead atoms. The molecule has 0 spiro atoms. The Morgan fingerprint density at radius 2 is 1.43 bits per heavy atom. The molecule has 1 saturated heterocycles. The van der Waals surface area contributed by atoms with Crippen LogP contribution in [0.1, 0.15) is 37.1 Å². The van der Waals surface area contributed by atoms with Crippen molar-refractivity contribution in [3.8, 4) is 0 Å². The number of carbonyl (C=O) groups is 2. The van der Waals surface area contributed by atoms with Crippen LogP contribution in [-0.2, 0) is 16.1 Å². The molecule has 35 heavy (non-hydrogen) atoms. The van der Waals surface area contributed by atoms with Crippen molar-refractivity contribution < 1.29 is 18.4 Å². The molecule has 0 saturated carbocycles. The molecule has 2 heterocycles. The summed E-state index contributed by atoms with van der Waals surface area (Å²) in [5, 5.41) is 8.26. The molecule has 4 unspecified atom stereocenters. The van der Waals surface area contributed by atoms with E-state index in [0.717, 1.165) is 0 Å². The summed E-state index contributed by atoms with van der Waals surface area (Å²) >= 11 is 0. The van der Waals surface area contributed by atoms with Crippen molar-refractivity contribution in [2.45, 2.75) is 32.5 Å². The van der Waals surface area contributed by atoms with Crippen molar-refractivity contribution in [1.82, 2.24) is 19.9 Å². The van der Waals surface area contributed by atoms with E-state index in [9.17, 15) is 18.4 Å². The van der Waals surface area contributed by atoms with Crippen LogP contribution < -0.4 is 0 Å². The Balaban J connectivity index is 1.64. The average Bonchev–Trinajstić information content (AvgIpc) is 3.25. The molecule has 178 valence electrons. The van der Waals surface area contributed by atoms with E-state index in [1.165, 1.54) is 28.9 Å². The van der Waals surface area contributed by atoms with Crippen LogP contribution in [0, 0.1) is 23.5 Å². The van der Waals surface area contributed by atoms with E-state index in [1.807, 2.05) is 18.2 Å². The molecule has 3 aromatic carbocycles. The van der Waals surface area contributed by atoms with Gasteiger partial charge in [-0.3, -0.25) is 9.59 Å². The quantitative estimate of drug-likeness (QED) is 0.423. The fourth-order valence-electron chi connectivity index (χ4n) is 5.21. The molecule has 1 fully saturated rings. The van der Waals surface area contributed by atoms with Gasteiger partial charge < -0.3 is 4.90 Å². The number of hydrogen-bond acceptors (Lipinski definition) is 4. The SMILES string of the molecule is CC1C(=O)C(C)C(c2cccc(F)c2)N(C(=O)Cn2nnc3ccccc32)C1c1cccc(F)c1. The second-order valence-corrected chi connectivity index (χ2v) is 9.02. The maximum atomic E-state index is 14.2. The van der Waals surface area contributed by atoms with Gasteiger partial charge in [-0.15, -0.1) is 5.10 Å². The summed E-state index contributed by atoms with van der Waals surface area (Å²) in [5.74, 6) is -2.49. The third-order valence-corrected chi connectivity index (χ3v) is 6.82. The molecule has 1 aromatic heterocycles. The predicted molar refractivity (Wildman–Crippen MR) is 126 cm³/mol. The Labute approximate surface area is 201 Å². The fraction of sp³-hybridized carbons (Fsp3) is 0.259. The summed E-state index contributed by atoms with van der Waals surface area (Å²) in [6.45, 7) is 3.37. The number of ketones is 1. The Bertz CT molecular complexity index is 1360. The fourth-order valence-corrected chi connectivity index (χ4v) is 5.21. The summed E-state index contributed by atoms with van der Waals surface area (Å²) in [4.78, 5) is 29.0. The molecule has 1 amide bonds. The first-order valence-electron chi connectivity index (χ1n) is 11.5. The Hall–Kier alpha value is -3.94. The number of piperidine rings is 1. The Morgan fingerprint density at radius 1 is 0.857 bits per heavy atom. The summed E-state index contributed by atoms with van der Waals surface area (Å²) in [6.07, 6.45) is 0. The van der Waals surface area contributed by atoms with Crippen LogP contribution in [0.5, 0.6) is 0 Å². The predicted octanol–water partition coefficient (Wildman–Crippen LogP) is 4.88. The van der Waals surface area contributed by atoms with Crippen molar-refractivity contribution in [2.75, 3.05) is 0 Å². The number of likely N-dealkylation sites (tertiary alicyclic amines) is 1. The van der Waals surface area contributed by atoms with Gasteiger partial charge in [0.25, 0.3) is 0 Å². The number of hydrogen-bond donors (Lipinski definition) is 0. The normalized spacial score (nSPS) is 22.5. The molecule has 4 aromatic rings. The van der Waals surface area contributed by atoms with E-state index in [2.05, 4.69) is 10.3 Å². The molecule has 1 aliphatic heterocycles. The lowest BCUT2D eigenvalue weighted by Crippen LogP contribution is -2.52. The minimum absolute atomic E-state index is 0.0659. The second-order valence-electron chi connectivity index (χ2n) is 9.02. The van der Waals surface area contributed by atoms with Crippen LogP contribution in [-0.4, -0.2) is 31.6 Å². The highest BCUT2D eigenvalue weighted by Gasteiger charge is 2.48. The number of amides is 1. The standard InChI is InChI=1S/C27H24F2N4O2/c1-16-25(18-7-5-9-20(28)13-18)33(24(34)15-32-23-12-4-3-11-22(23)30-31-32)26(17(2)27(16)35)19-8-6-10-21(29)14-19/h3-14,16-17,25-26H,15H2,1-2H3. The maximum absolute atomic E-state index is 14.2. The minimum Gasteiger partial charge on any atom is -0.326 e. The zero-order valence-corrected chi connectivity index (χ0v) is 19.3. The smallest absolute Gasteiger partial charge is 0.245 e. The largest absolute Gasteiger partial charge is 0.326 e. The van der Waals surface area contributed by atoms with Crippen molar-refractivity contribution in [3.63, 3.8) is 0 Å². The van der Waals surface area contributed by atoms with Crippen molar-refractivity contribution in [1.29, 1.82) is 0 Å². The molecule has 5 rings (SSSR count). The van der Waals surface area contributed by atoms with Gasteiger partial charge >= 0.3 is 0 Å². The van der Waals surface area contributed by atoms with Gasteiger partial charge in [-0.25, -0.2) is 13.5 Å². The number of para-hydroxylation sites is 1. The zero-order chi connectivity index (χ0) is 24.7. The van der Waals surface area contributed by atoms with Crippen LogP contribution in [0.4, 0.5) is 8.78 Å². The zero-order valence-electron chi connectivity index (χ0n) is 19.3. The number of halogens is 2. The number of benzene rings is 3. The third kappa shape index (κ3) is 4.09. The van der Waals surface area contributed by atoms with Gasteiger partial charge in [-0.05, 0) is 47.5 Å². The van der Waals surface area contributed by atoms with Gasteiger partial charge in [0, 0.05) is 11.8 Å². The van der Waals surface area contributed by atoms with Crippen molar-refractivity contribution in [3.05, 3.63) is 95.6 Å². The van der Waals surface area contributed by atoms with E-state index in [4.69, 9.17) is 0 Å². The van der Waals surface area contributed by atoms with E-state index < -0.39 is 35.6 Å². The lowest BCUT2D eigenvalue weighted by atomic mass is 9.74. The van der Waals surface area contributed by atoms with Crippen LogP contribution >= 0.6 is 0 Å². The number of fused-ring (bicyclic) bond motifs is 1. The third-order valence-electron chi connectivity index (χ3n) is 6.82. The molecular formula is C27H24F2N4O2. The summed E-state index contributed by atoms with van der Waals surface area (Å²) < 4.78 is 30.0. The topological polar surface area (TPSA) is 68.1 Å². The van der Waals surface area contributed by atoms with Crippen LogP contribution in [0.3, 0.4) is 0 Å². The number of Topliss-reactive ketones (excluding diaryl/α,β-unsaturated/α-hetero) is 1. The summed E-state index contributed by atoms with van der Waals surface area (Å²) in [7, 11) is 0. The molecule has 6 nitrogen and oxygen atoms in total. The molecule has 1 aliphatic rings. The highest BCUT2D eigenvalue weighted by atomic mass is 19.1. The van der Waals surface area contributed by atoms with E-state index in [-0.39, 0.29) is 18.2 Å². The van der Waals surface area contributed by atoms with Crippen LogP contribution in [0.2, 0.25) is 0 Å². The Morgan fingerprint density at radius 3 is 2.00 bits per heavy atom. The van der Waals surface area contributed by atoms with E-state index in [1.54, 1.807) is 49.1 Å². The molecule has 0 aliphatic carbocycles. The summed E-state index contributed by atoms with van der Waals surface area (Å²) in [6, 6.07) is 17.7. The number of nitrogens with zero attached hydrogens (tertiary/aromatic N) is 4. The van der Waals surface area contributed by atoms with Gasteiger partial charge in [0.05, 0.1) is 17.6 Å². The van der Waals surface area contributed by atoms with Gasteiger partial charge in [0.15, 0.2) is 0 Å². The number of carbonyl (C=O) groups excluding carboxylic acids is 2.